The molecule has 1 fully saturated rings. The molecule has 2 aromatic carbocycles. The second-order valence-corrected chi connectivity index (χ2v) is 8.56. The Hall–Kier alpha value is -2.57. The normalized spacial score (nSPS) is 17.4. The molecule has 0 aliphatic carbocycles. The van der Waals surface area contributed by atoms with Crippen molar-refractivity contribution in [3.05, 3.63) is 66.2 Å². The van der Waals surface area contributed by atoms with E-state index in [0.717, 1.165) is 43.3 Å². The van der Waals surface area contributed by atoms with E-state index in [4.69, 9.17) is 0 Å². The number of fused-ring (bicyclic) bond motifs is 1. The number of hydrogen-bond donors (Lipinski definition) is 0. The molecular weight excluding hydrogens is 394 g/mol. The summed E-state index contributed by atoms with van der Waals surface area (Å²) in [6, 6.07) is 18.2. The van der Waals surface area contributed by atoms with Gasteiger partial charge in [-0.25, -0.2) is 0 Å². The van der Waals surface area contributed by atoms with Crippen LogP contribution >= 0.6 is 11.8 Å². The van der Waals surface area contributed by atoms with E-state index in [0.29, 0.717) is 18.7 Å². The number of anilines is 1. The fourth-order valence-electron chi connectivity index (χ4n) is 3.85. The molecule has 0 spiro atoms. The highest BCUT2D eigenvalue weighted by Crippen LogP contribution is 2.34. The maximum Gasteiger partial charge on any atom is 0.237 e. The van der Waals surface area contributed by atoms with Gasteiger partial charge in [-0.05, 0) is 17.7 Å². The van der Waals surface area contributed by atoms with Crippen molar-refractivity contribution in [2.75, 3.05) is 49.9 Å². The van der Waals surface area contributed by atoms with Gasteiger partial charge in [0.15, 0.2) is 0 Å². The Balaban J connectivity index is 1.23. The molecule has 30 heavy (non-hydrogen) atoms. The Morgan fingerprint density at radius 3 is 2.50 bits per heavy atom. The molecule has 2 aliphatic rings. The van der Waals surface area contributed by atoms with Crippen molar-refractivity contribution >= 4 is 35.3 Å². The summed E-state index contributed by atoms with van der Waals surface area (Å²) in [5.41, 5.74) is 2.14. The van der Waals surface area contributed by atoms with E-state index in [-0.39, 0.29) is 11.8 Å². The first-order chi connectivity index (χ1) is 14.7. The molecule has 4 rings (SSSR count). The standard InChI is InChI=1S/C24H27N3O2S/c28-23(12-14-27-21-10-4-5-11-22(21)30-19-24(27)29)26-17-15-25(16-18-26)13-6-9-20-7-2-1-3-8-20/h1-11H,12-19H2/b9-6+. The van der Waals surface area contributed by atoms with Crippen LogP contribution in [0.5, 0.6) is 0 Å². The summed E-state index contributed by atoms with van der Waals surface area (Å²) >= 11 is 1.57. The minimum Gasteiger partial charge on any atom is -0.340 e. The smallest absolute Gasteiger partial charge is 0.237 e. The van der Waals surface area contributed by atoms with Gasteiger partial charge in [0.05, 0.1) is 11.4 Å². The molecule has 5 nitrogen and oxygen atoms in total. The van der Waals surface area contributed by atoms with Crippen molar-refractivity contribution < 1.29 is 9.59 Å². The SMILES string of the molecule is O=C(CCN1C(=O)CSc2ccccc21)N1CCN(C/C=C/c2ccccc2)CC1. The number of amides is 2. The molecule has 0 unspecified atom stereocenters. The Labute approximate surface area is 182 Å². The van der Waals surface area contributed by atoms with E-state index in [1.165, 1.54) is 5.56 Å². The molecule has 0 radical (unpaired) electrons. The molecule has 0 saturated carbocycles. The lowest BCUT2D eigenvalue weighted by Gasteiger charge is -2.35. The maximum absolute atomic E-state index is 12.7. The summed E-state index contributed by atoms with van der Waals surface area (Å²) in [5.74, 6) is 0.667. The lowest BCUT2D eigenvalue weighted by Crippen LogP contribution is -2.49. The Bertz CT molecular complexity index is 908. The summed E-state index contributed by atoms with van der Waals surface area (Å²) in [7, 11) is 0. The van der Waals surface area contributed by atoms with Crippen LogP contribution in [0.4, 0.5) is 5.69 Å². The van der Waals surface area contributed by atoms with Crippen LogP contribution in [0, 0.1) is 0 Å². The highest BCUT2D eigenvalue weighted by atomic mass is 32.2. The third-order valence-electron chi connectivity index (χ3n) is 5.56. The largest absolute Gasteiger partial charge is 0.340 e. The monoisotopic (exact) mass is 421 g/mol. The topological polar surface area (TPSA) is 43.9 Å². The van der Waals surface area contributed by atoms with Crippen molar-refractivity contribution in [3.8, 4) is 0 Å². The fourth-order valence-corrected chi connectivity index (χ4v) is 4.78. The number of benzene rings is 2. The highest BCUT2D eigenvalue weighted by molar-refractivity contribution is 8.00. The number of piperazine rings is 1. The first-order valence-corrected chi connectivity index (χ1v) is 11.4. The summed E-state index contributed by atoms with van der Waals surface area (Å²) in [4.78, 5) is 32.3. The Morgan fingerprint density at radius 1 is 0.967 bits per heavy atom. The number of carbonyl (C=O) groups excluding carboxylic acids is 2. The molecule has 0 atom stereocenters. The van der Waals surface area contributed by atoms with Gasteiger partial charge >= 0.3 is 0 Å². The van der Waals surface area contributed by atoms with Crippen molar-refractivity contribution in [1.82, 2.24) is 9.80 Å². The molecule has 1 saturated heterocycles. The van der Waals surface area contributed by atoms with Crippen molar-refractivity contribution in [3.63, 3.8) is 0 Å². The van der Waals surface area contributed by atoms with Crippen molar-refractivity contribution in [1.29, 1.82) is 0 Å². The van der Waals surface area contributed by atoms with Crippen molar-refractivity contribution in [2.45, 2.75) is 11.3 Å². The predicted octanol–water partition coefficient (Wildman–Crippen LogP) is 3.37. The lowest BCUT2D eigenvalue weighted by molar-refractivity contribution is -0.132. The number of para-hydroxylation sites is 1. The quantitative estimate of drug-likeness (QED) is 0.717. The van der Waals surface area contributed by atoms with Gasteiger partial charge in [0.25, 0.3) is 0 Å². The van der Waals surface area contributed by atoms with E-state index in [1.54, 1.807) is 16.7 Å². The predicted molar refractivity (Wildman–Crippen MR) is 123 cm³/mol. The second kappa shape index (κ2) is 9.96. The van der Waals surface area contributed by atoms with Crippen LogP contribution in [-0.4, -0.2) is 66.6 Å². The van der Waals surface area contributed by atoms with Crippen LogP contribution in [0.1, 0.15) is 12.0 Å². The molecule has 2 aliphatic heterocycles. The van der Waals surface area contributed by atoms with E-state index in [2.05, 4.69) is 29.2 Å². The van der Waals surface area contributed by atoms with E-state index in [9.17, 15) is 9.59 Å². The van der Waals surface area contributed by atoms with Gasteiger partial charge in [0.2, 0.25) is 11.8 Å². The minimum atomic E-state index is 0.0847. The van der Waals surface area contributed by atoms with Gasteiger partial charge in [-0.2, -0.15) is 0 Å². The van der Waals surface area contributed by atoms with E-state index < -0.39 is 0 Å². The van der Waals surface area contributed by atoms with Gasteiger partial charge in [-0.3, -0.25) is 14.5 Å². The number of carbonyl (C=O) groups is 2. The molecule has 6 heteroatoms. The van der Waals surface area contributed by atoms with Gasteiger partial charge in [0, 0.05) is 50.6 Å². The maximum atomic E-state index is 12.7. The van der Waals surface area contributed by atoms with Crippen LogP contribution < -0.4 is 4.90 Å². The fraction of sp³-hybridized carbons (Fsp3) is 0.333. The summed E-state index contributed by atoms with van der Waals surface area (Å²) < 4.78 is 0. The average Bonchev–Trinajstić information content (AvgIpc) is 2.79. The molecule has 2 heterocycles. The van der Waals surface area contributed by atoms with E-state index >= 15 is 0 Å². The summed E-state index contributed by atoms with van der Waals surface area (Å²) in [6.45, 7) is 4.61. The molecule has 0 bridgehead atoms. The van der Waals surface area contributed by atoms with Gasteiger partial charge in [-0.15, -0.1) is 11.8 Å². The van der Waals surface area contributed by atoms with E-state index in [1.807, 2.05) is 47.4 Å². The molecule has 2 aromatic rings. The van der Waals surface area contributed by atoms with Crippen LogP contribution in [0.2, 0.25) is 0 Å². The Kier molecular flexibility index (Phi) is 6.87. The number of nitrogens with zero attached hydrogens (tertiary/aromatic N) is 3. The van der Waals surface area contributed by atoms with Crippen LogP contribution in [0.3, 0.4) is 0 Å². The van der Waals surface area contributed by atoms with Crippen molar-refractivity contribution in [2.24, 2.45) is 0 Å². The van der Waals surface area contributed by atoms with Gasteiger partial charge < -0.3 is 9.80 Å². The Morgan fingerprint density at radius 2 is 1.70 bits per heavy atom. The zero-order valence-corrected chi connectivity index (χ0v) is 17.9. The summed E-state index contributed by atoms with van der Waals surface area (Å²) in [5, 5.41) is 0. The average molecular weight is 422 g/mol. The lowest BCUT2D eigenvalue weighted by atomic mass is 10.2. The summed E-state index contributed by atoms with van der Waals surface area (Å²) in [6.07, 6.45) is 4.70. The minimum absolute atomic E-state index is 0.0847. The van der Waals surface area contributed by atoms with Crippen LogP contribution in [0.15, 0.2) is 65.6 Å². The first-order valence-electron chi connectivity index (χ1n) is 10.4. The molecule has 0 aromatic heterocycles. The molecule has 0 N–H and O–H groups in total. The zero-order chi connectivity index (χ0) is 20.8. The second-order valence-electron chi connectivity index (χ2n) is 7.55. The third kappa shape index (κ3) is 5.12. The molecule has 156 valence electrons. The van der Waals surface area contributed by atoms with Gasteiger partial charge in [-0.1, -0.05) is 54.6 Å². The molecule has 2 amide bonds. The first kappa shape index (κ1) is 20.7. The number of thioether (sulfide) groups is 1. The number of rotatable bonds is 6. The van der Waals surface area contributed by atoms with Crippen LogP contribution in [0.25, 0.3) is 6.08 Å². The van der Waals surface area contributed by atoms with Crippen LogP contribution in [-0.2, 0) is 9.59 Å². The molecular formula is C24H27N3O2S. The zero-order valence-electron chi connectivity index (χ0n) is 17.1. The highest BCUT2D eigenvalue weighted by Gasteiger charge is 2.26. The number of hydrogen-bond acceptors (Lipinski definition) is 4. The van der Waals surface area contributed by atoms with Gasteiger partial charge in [0.1, 0.15) is 0 Å². The third-order valence-corrected chi connectivity index (χ3v) is 6.60.